The Bertz CT molecular complexity index is 1300. The summed E-state index contributed by atoms with van der Waals surface area (Å²) in [5.41, 5.74) is 1.58. The second-order valence-corrected chi connectivity index (χ2v) is 6.42. The topological polar surface area (TPSA) is 90.7 Å². The lowest BCUT2D eigenvalue weighted by molar-refractivity contribution is 0.102. The van der Waals surface area contributed by atoms with Gasteiger partial charge in [-0.25, -0.2) is 9.78 Å². The van der Waals surface area contributed by atoms with Crippen LogP contribution in [0.2, 0.25) is 0 Å². The first-order valence-corrected chi connectivity index (χ1v) is 9.12. The lowest BCUT2D eigenvalue weighted by Crippen LogP contribution is -2.20. The molecule has 1 amide bonds. The van der Waals surface area contributed by atoms with Gasteiger partial charge in [0.15, 0.2) is 11.3 Å². The third-order valence-electron chi connectivity index (χ3n) is 4.58. The van der Waals surface area contributed by atoms with Crippen LogP contribution in [0, 0.1) is 0 Å². The molecule has 0 aliphatic heterocycles. The first-order valence-electron chi connectivity index (χ1n) is 9.12. The summed E-state index contributed by atoms with van der Waals surface area (Å²) < 4.78 is 15.8. The molecule has 0 saturated carbocycles. The lowest BCUT2D eigenvalue weighted by atomic mass is 10.1. The van der Waals surface area contributed by atoms with E-state index in [0.29, 0.717) is 28.3 Å². The van der Waals surface area contributed by atoms with E-state index in [-0.39, 0.29) is 5.56 Å². The second kappa shape index (κ2) is 8.08. The van der Waals surface area contributed by atoms with Gasteiger partial charge in [-0.15, -0.1) is 0 Å². The summed E-state index contributed by atoms with van der Waals surface area (Å²) in [6.45, 7) is 0. The van der Waals surface area contributed by atoms with Gasteiger partial charge in [-0.2, -0.15) is 0 Å². The maximum absolute atomic E-state index is 12.8. The van der Waals surface area contributed by atoms with E-state index in [1.165, 1.54) is 13.2 Å². The van der Waals surface area contributed by atoms with E-state index < -0.39 is 11.5 Å². The Labute approximate surface area is 171 Å². The zero-order valence-corrected chi connectivity index (χ0v) is 16.3. The summed E-state index contributed by atoms with van der Waals surface area (Å²) in [7, 11) is 3.03. The van der Waals surface area contributed by atoms with E-state index in [4.69, 9.17) is 13.9 Å². The fourth-order valence-electron chi connectivity index (χ4n) is 3.17. The van der Waals surface area contributed by atoms with Gasteiger partial charge in [-0.3, -0.25) is 4.79 Å². The molecule has 0 bridgehead atoms. The number of amides is 1. The number of nitrogens with zero attached hydrogens (tertiary/aromatic N) is 1. The standard InChI is InChI=1S/C23H18N2O5/c1-28-19-10-4-7-15-13-18(23(27)30-20(15)19)21(26)25-16-8-3-6-14(12-16)17-9-5-11-24-22(17)29-2/h3-13H,1-2H3,(H,25,26). The number of carbonyl (C=O) groups excluding carboxylic acids is 1. The van der Waals surface area contributed by atoms with Crippen LogP contribution < -0.4 is 20.4 Å². The lowest BCUT2D eigenvalue weighted by Gasteiger charge is -2.10. The SMILES string of the molecule is COc1ncccc1-c1cccc(NC(=O)c2cc3cccc(OC)c3oc2=O)c1. The predicted octanol–water partition coefficient (Wildman–Crippen LogP) is 4.12. The van der Waals surface area contributed by atoms with Crippen LogP contribution in [0.25, 0.3) is 22.1 Å². The van der Waals surface area contributed by atoms with Gasteiger partial charge in [0, 0.05) is 22.8 Å². The third kappa shape index (κ3) is 3.60. The molecule has 30 heavy (non-hydrogen) atoms. The molecular weight excluding hydrogens is 384 g/mol. The molecule has 0 aliphatic carbocycles. The molecule has 4 rings (SSSR count). The maximum Gasteiger partial charge on any atom is 0.349 e. The van der Waals surface area contributed by atoms with Crippen LogP contribution in [0.1, 0.15) is 10.4 Å². The Kier molecular flexibility index (Phi) is 5.17. The molecule has 7 nitrogen and oxygen atoms in total. The minimum atomic E-state index is -0.741. The summed E-state index contributed by atoms with van der Waals surface area (Å²) in [5, 5.41) is 3.34. The van der Waals surface area contributed by atoms with E-state index in [2.05, 4.69) is 10.3 Å². The van der Waals surface area contributed by atoms with Crippen molar-refractivity contribution in [1.29, 1.82) is 0 Å². The van der Waals surface area contributed by atoms with Crippen LogP contribution in [-0.2, 0) is 0 Å². The average molecular weight is 402 g/mol. The Balaban J connectivity index is 1.66. The normalized spacial score (nSPS) is 10.6. The molecule has 0 fully saturated rings. The Morgan fingerprint density at radius 2 is 1.83 bits per heavy atom. The summed E-state index contributed by atoms with van der Waals surface area (Å²) in [5.74, 6) is 0.337. The number of rotatable bonds is 5. The van der Waals surface area contributed by atoms with Crippen molar-refractivity contribution < 1.29 is 18.7 Å². The molecule has 0 atom stereocenters. The molecule has 0 radical (unpaired) electrons. The zero-order valence-electron chi connectivity index (χ0n) is 16.3. The number of anilines is 1. The van der Waals surface area contributed by atoms with Crippen molar-refractivity contribution in [2.24, 2.45) is 0 Å². The number of benzene rings is 2. The zero-order chi connectivity index (χ0) is 21.1. The summed E-state index contributed by atoms with van der Waals surface area (Å²) in [6, 6.07) is 17.5. The number of carbonyl (C=O) groups is 1. The van der Waals surface area contributed by atoms with Crippen LogP contribution in [0.3, 0.4) is 0 Å². The molecular formula is C23H18N2O5. The van der Waals surface area contributed by atoms with Crippen LogP contribution in [0.5, 0.6) is 11.6 Å². The summed E-state index contributed by atoms with van der Waals surface area (Å²) >= 11 is 0. The minimum Gasteiger partial charge on any atom is -0.493 e. The van der Waals surface area contributed by atoms with Crippen LogP contribution in [-0.4, -0.2) is 25.1 Å². The molecule has 2 heterocycles. The molecule has 2 aromatic heterocycles. The molecule has 2 aromatic carbocycles. The number of aromatic nitrogens is 1. The number of nitrogens with one attached hydrogen (secondary N) is 1. The van der Waals surface area contributed by atoms with E-state index in [0.717, 1.165) is 11.1 Å². The van der Waals surface area contributed by atoms with E-state index in [9.17, 15) is 9.59 Å². The molecule has 0 aliphatic rings. The van der Waals surface area contributed by atoms with Gasteiger partial charge in [0.2, 0.25) is 5.88 Å². The van der Waals surface area contributed by atoms with Crippen molar-refractivity contribution in [2.75, 3.05) is 19.5 Å². The highest BCUT2D eigenvalue weighted by molar-refractivity contribution is 6.06. The summed E-state index contributed by atoms with van der Waals surface area (Å²) in [4.78, 5) is 29.4. The highest BCUT2D eigenvalue weighted by Gasteiger charge is 2.16. The van der Waals surface area contributed by atoms with Gasteiger partial charge in [-0.1, -0.05) is 24.3 Å². The number of fused-ring (bicyclic) bond motifs is 1. The van der Waals surface area contributed by atoms with Crippen molar-refractivity contribution in [2.45, 2.75) is 0 Å². The van der Waals surface area contributed by atoms with Crippen LogP contribution in [0.15, 0.2) is 76.1 Å². The number of hydrogen-bond acceptors (Lipinski definition) is 6. The largest absolute Gasteiger partial charge is 0.493 e. The highest BCUT2D eigenvalue weighted by atomic mass is 16.5. The number of methoxy groups -OCH3 is 2. The number of para-hydroxylation sites is 1. The third-order valence-corrected chi connectivity index (χ3v) is 4.58. The van der Waals surface area contributed by atoms with Crippen LogP contribution >= 0.6 is 0 Å². The molecule has 150 valence electrons. The second-order valence-electron chi connectivity index (χ2n) is 6.42. The van der Waals surface area contributed by atoms with Gasteiger partial charge in [-0.05, 0) is 42.0 Å². The Morgan fingerprint density at radius 1 is 1.00 bits per heavy atom. The summed E-state index contributed by atoms with van der Waals surface area (Å²) in [6.07, 6.45) is 1.64. The van der Waals surface area contributed by atoms with Crippen molar-refractivity contribution in [1.82, 2.24) is 4.98 Å². The average Bonchev–Trinajstić information content (AvgIpc) is 2.78. The molecule has 1 N–H and O–H groups in total. The number of pyridine rings is 1. The molecule has 7 heteroatoms. The van der Waals surface area contributed by atoms with Crippen molar-refractivity contribution >= 4 is 22.6 Å². The predicted molar refractivity (Wildman–Crippen MR) is 113 cm³/mol. The first kappa shape index (κ1) is 19.2. The Morgan fingerprint density at radius 3 is 2.63 bits per heavy atom. The fraction of sp³-hybridized carbons (Fsp3) is 0.0870. The maximum atomic E-state index is 12.8. The smallest absolute Gasteiger partial charge is 0.349 e. The molecule has 0 spiro atoms. The number of hydrogen-bond donors (Lipinski definition) is 1. The van der Waals surface area contributed by atoms with Gasteiger partial charge < -0.3 is 19.2 Å². The van der Waals surface area contributed by atoms with Gasteiger partial charge in [0.1, 0.15) is 5.56 Å². The molecule has 0 unspecified atom stereocenters. The molecule has 4 aromatic rings. The number of ether oxygens (including phenoxy) is 2. The molecule has 0 saturated heterocycles. The van der Waals surface area contributed by atoms with Gasteiger partial charge >= 0.3 is 5.63 Å². The Hall–Kier alpha value is -4.13. The van der Waals surface area contributed by atoms with E-state index in [1.807, 2.05) is 12.1 Å². The fourth-order valence-corrected chi connectivity index (χ4v) is 3.17. The first-order chi connectivity index (χ1) is 14.6. The minimum absolute atomic E-state index is 0.0971. The van der Waals surface area contributed by atoms with Gasteiger partial charge in [0.25, 0.3) is 5.91 Å². The van der Waals surface area contributed by atoms with Crippen LogP contribution in [0.4, 0.5) is 5.69 Å². The quantitative estimate of drug-likeness (QED) is 0.505. The van der Waals surface area contributed by atoms with Gasteiger partial charge in [0.05, 0.1) is 14.2 Å². The van der Waals surface area contributed by atoms with Crippen molar-refractivity contribution in [3.63, 3.8) is 0 Å². The van der Waals surface area contributed by atoms with E-state index >= 15 is 0 Å². The monoisotopic (exact) mass is 402 g/mol. The van der Waals surface area contributed by atoms with Crippen molar-refractivity contribution in [3.8, 4) is 22.8 Å². The van der Waals surface area contributed by atoms with Crippen molar-refractivity contribution in [3.05, 3.63) is 82.8 Å². The van der Waals surface area contributed by atoms with E-state index in [1.54, 1.807) is 55.8 Å². The highest BCUT2D eigenvalue weighted by Crippen LogP contribution is 2.29.